The average Bonchev–Trinajstić information content (AvgIpc) is 2.28. The summed E-state index contributed by atoms with van der Waals surface area (Å²) < 4.78 is 24.3. The summed E-state index contributed by atoms with van der Waals surface area (Å²) in [5, 5.41) is 2.64. The molecule has 0 spiro atoms. The molecule has 1 amide bonds. The van der Waals surface area contributed by atoms with Gasteiger partial charge in [-0.05, 0) is 30.7 Å². The van der Waals surface area contributed by atoms with E-state index in [0.717, 1.165) is 6.26 Å². The van der Waals surface area contributed by atoms with Gasteiger partial charge in [-0.3, -0.25) is 9.52 Å². The molecule has 1 rings (SSSR count). The third-order valence-corrected chi connectivity index (χ3v) is 2.84. The van der Waals surface area contributed by atoms with Gasteiger partial charge in [0.2, 0.25) is 15.9 Å². The number of carbonyl (C=O) groups excluding carboxylic acids is 1. The van der Waals surface area contributed by atoms with Gasteiger partial charge >= 0.3 is 0 Å². The van der Waals surface area contributed by atoms with Gasteiger partial charge in [0.1, 0.15) is 0 Å². The van der Waals surface area contributed by atoms with E-state index in [1.807, 2.05) is 6.92 Å². The first kappa shape index (κ1) is 14.5. The molecular formula is C11H17N3O3S. The SMILES string of the molecule is CC[C@@H](N)C(=O)Nc1ccc(NS(C)(=O)=O)cc1. The van der Waals surface area contributed by atoms with Crippen LogP contribution in [0.1, 0.15) is 13.3 Å². The van der Waals surface area contributed by atoms with E-state index >= 15 is 0 Å². The minimum absolute atomic E-state index is 0.263. The van der Waals surface area contributed by atoms with Crippen molar-refractivity contribution in [1.29, 1.82) is 0 Å². The molecule has 0 heterocycles. The molecule has 18 heavy (non-hydrogen) atoms. The van der Waals surface area contributed by atoms with Crippen LogP contribution in [0.4, 0.5) is 11.4 Å². The lowest BCUT2D eigenvalue weighted by Crippen LogP contribution is -2.34. The van der Waals surface area contributed by atoms with Crippen molar-refractivity contribution in [3.63, 3.8) is 0 Å². The normalized spacial score (nSPS) is 12.8. The van der Waals surface area contributed by atoms with E-state index in [1.165, 1.54) is 0 Å². The van der Waals surface area contributed by atoms with Gasteiger partial charge in [0.05, 0.1) is 12.3 Å². The second-order valence-corrected chi connectivity index (χ2v) is 5.70. The van der Waals surface area contributed by atoms with Crippen molar-refractivity contribution in [3.05, 3.63) is 24.3 Å². The number of nitrogens with one attached hydrogen (secondary N) is 2. The fraction of sp³-hybridized carbons (Fsp3) is 0.364. The van der Waals surface area contributed by atoms with Gasteiger partial charge in [-0.15, -0.1) is 0 Å². The molecular weight excluding hydrogens is 254 g/mol. The number of anilines is 2. The third-order valence-electron chi connectivity index (χ3n) is 2.23. The van der Waals surface area contributed by atoms with Crippen LogP contribution in [0, 0.1) is 0 Å². The van der Waals surface area contributed by atoms with Crippen LogP contribution < -0.4 is 15.8 Å². The maximum absolute atomic E-state index is 11.5. The van der Waals surface area contributed by atoms with Crippen LogP contribution in [0.25, 0.3) is 0 Å². The van der Waals surface area contributed by atoms with E-state index in [9.17, 15) is 13.2 Å². The maximum Gasteiger partial charge on any atom is 0.241 e. The van der Waals surface area contributed by atoms with Crippen LogP contribution in [0.3, 0.4) is 0 Å². The predicted molar refractivity (Wildman–Crippen MR) is 71.8 cm³/mol. The Balaban J connectivity index is 2.69. The first-order valence-corrected chi connectivity index (χ1v) is 7.35. The van der Waals surface area contributed by atoms with Crippen molar-refractivity contribution >= 4 is 27.3 Å². The number of rotatable bonds is 5. The highest BCUT2D eigenvalue weighted by Gasteiger charge is 2.10. The molecule has 6 nitrogen and oxygen atoms in total. The van der Waals surface area contributed by atoms with E-state index in [-0.39, 0.29) is 5.91 Å². The second kappa shape index (κ2) is 5.83. The smallest absolute Gasteiger partial charge is 0.241 e. The minimum Gasteiger partial charge on any atom is -0.325 e. The Bertz CT molecular complexity index is 511. The number of amides is 1. The van der Waals surface area contributed by atoms with Crippen LogP contribution in [0.15, 0.2) is 24.3 Å². The molecule has 1 atom stereocenters. The van der Waals surface area contributed by atoms with Crippen molar-refractivity contribution in [2.24, 2.45) is 5.73 Å². The largest absolute Gasteiger partial charge is 0.325 e. The predicted octanol–water partition coefficient (Wildman–Crippen LogP) is 0.734. The molecule has 1 aromatic rings. The highest BCUT2D eigenvalue weighted by Crippen LogP contribution is 2.14. The van der Waals surface area contributed by atoms with Gasteiger partial charge in [0.15, 0.2) is 0 Å². The van der Waals surface area contributed by atoms with Gasteiger partial charge in [0.25, 0.3) is 0 Å². The Morgan fingerprint density at radius 2 is 1.78 bits per heavy atom. The summed E-state index contributed by atoms with van der Waals surface area (Å²) in [5.74, 6) is -0.263. The number of hydrogen-bond donors (Lipinski definition) is 3. The molecule has 0 saturated heterocycles. The summed E-state index contributed by atoms with van der Waals surface area (Å²) in [6.07, 6.45) is 1.63. The molecule has 0 aliphatic carbocycles. The molecule has 4 N–H and O–H groups in total. The fourth-order valence-corrected chi connectivity index (χ4v) is 1.82. The van der Waals surface area contributed by atoms with Gasteiger partial charge in [-0.2, -0.15) is 0 Å². The van der Waals surface area contributed by atoms with E-state index in [2.05, 4.69) is 10.0 Å². The van der Waals surface area contributed by atoms with Crippen LogP contribution in [-0.4, -0.2) is 26.6 Å². The zero-order chi connectivity index (χ0) is 13.8. The quantitative estimate of drug-likeness (QED) is 0.735. The van der Waals surface area contributed by atoms with E-state index < -0.39 is 16.1 Å². The zero-order valence-electron chi connectivity index (χ0n) is 10.3. The summed E-state index contributed by atoms with van der Waals surface area (Å²) >= 11 is 0. The lowest BCUT2D eigenvalue weighted by Gasteiger charge is -2.10. The molecule has 0 radical (unpaired) electrons. The maximum atomic E-state index is 11.5. The lowest BCUT2D eigenvalue weighted by molar-refractivity contribution is -0.117. The number of nitrogens with two attached hydrogens (primary N) is 1. The minimum atomic E-state index is -3.29. The molecule has 7 heteroatoms. The van der Waals surface area contributed by atoms with Crippen molar-refractivity contribution in [1.82, 2.24) is 0 Å². The third kappa shape index (κ3) is 4.72. The van der Waals surface area contributed by atoms with E-state index in [1.54, 1.807) is 24.3 Å². The Kier molecular flexibility index (Phi) is 4.69. The Hall–Kier alpha value is -1.60. The van der Waals surface area contributed by atoms with E-state index in [0.29, 0.717) is 17.8 Å². The second-order valence-electron chi connectivity index (χ2n) is 3.96. The molecule has 0 aliphatic heterocycles. The molecule has 0 saturated carbocycles. The van der Waals surface area contributed by atoms with Crippen LogP contribution in [-0.2, 0) is 14.8 Å². The van der Waals surface area contributed by atoms with Gasteiger partial charge in [0, 0.05) is 11.4 Å². The van der Waals surface area contributed by atoms with Crippen molar-refractivity contribution < 1.29 is 13.2 Å². The number of carbonyl (C=O) groups is 1. The molecule has 0 unspecified atom stereocenters. The molecule has 100 valence electrons. The highest BCUT2D eigenvalue weighted by molar-refractivity contribution is 7.92. The number of benzene rings is 1. The summed E-state index contributed by atoms with van der Waals surface area (Å²) in [6, 6.07) is 5.79. The number of sulfonamides is 1. The summed E-state index contributed by atoms with van der Waals surface area (Å²) in [5.41, 5.74) is 6.59. The molecule has 1 aromatic carbocycles. The van der Waals surface area contributed by atoms with Crippen LogP contribution in [0.2, 0.25) is 0 Å². The van der Waals surface area contributed by atoms with Crippen LogP contribution in [0.5, 0.6) is 0 Å². The van der Waals surface area contributed by atoms with Crippen molar-refractivity contribution in [3.8, 4) is 0 Å². The van der Waals surface area contributed by atoms with Crippen molar-refractivity contribution in [2.75, 3.05) is 16.3 Å². The first-order chi connectivity index (χ1) is 8.31. The van der Waals surface area contributed by atoms with E-state index in [4.69, 9.17) is 5.73 Å². The summed E-state index contributed by atoms with van der Waals surface area (Å²) in [6.45, 7) is 1.82. The summed E-state index contributed by atoms with van der Waals surface area (Å²) in [4.78, 5) is 11.5. The molecule has 0 fully saturated rings. The lowest BCUT2D eigenvalue weighted by atomic mass is 10.2. The monoisotopic (exact) mass is 271 g/mol. The van der Waals surface area contributed by atoms with Crippen LogP contribution >= 0.6 is 0 Å². The Morgan fingerprint density at radius 3 is 2.22 bits per heavy atom. The summed E-state index contributed by atoms with van der Waals surface area (Å²) in [7, 11) is -3.29. The standard InChI is InChI=1S/C11H17N3O3S/c1-3-10(12)11(15)13-8-4-6-9(7-5-8)14-18(2,16)17/h4-7,10,14H,3,12H2,1-2H3,(H,13,15)/t10-/m1/s1. The van der Waals surface area contributed by atoms with Gasteiger partial charge < -0.3 is 11.1 Å². The highest BCUT2D eigenvalue weighted by atomic mass is 32.2. The topological polar surface area (TPSA) is 101 Å². The van der Waals surface area contributed by atoms with Gasteiger partial charge in [-0.1, -0.05) is 6.92 Å². The fourth-order valence-electron chi connectivity index (χ4n) is 1.26. The average molecular weight is 271 g/mol. The zero-order valence-corrected chi connectivity index (χ0v) is 11.1. The molecule has 0 aliphatic rings. The van der Waals surface area contributed by atoms with Gasteiger partial charge in [-0.25, -0.2) is 8.42 Å². The molecule has 0 aromatic heterocycles. The first-order valence-electron chi connectivity index (χ1n) is 5.46. The molecule has 0 bridgehead atoms. The Labute approximate surface area is 107 Å². The van der Waals surface area contributed by atoms with Crippen molar-refractivity contribution in [2.45, 2.75) is 19.4 Å². The Morgan fingerprint density at radius 1 is 1.28 bits per heavy atom. The number of hydrogen-bond acceptors (Lipinski definition) is 4.